The highest BCUT2D eigenvalue weighted by molar-refractivity contribution is 9.10. The molecule has 0 aliphatic heterocycles. The zero-order valence-electron chi connectivity index (χ0n) is 10.1. The van der Waals surface area contributed by atoms with E-state index in [1.807, 2.05) is 12.1 Å². The Morgan fingerprint density at radius 2 is 2.06 bits per heavy atom. The highest BCUT2D eigenvalue weighted by Gasteiger charge is 1.99. The van der Waals surface area contributed by atoms with E-state index in [2.05, 4.69) is 45.6 Å². The summed E-state index contributed by atoms with van der Waals surface area (Å²) < 4.78 is 1.07. The van der Waals surface area contributed by atoms with Gasteiger partial charge >= 0.3 is 6.03 Å². The lowest BCUT2D eigenvalue weighted by molar-refractivity contribution is 0.241. The fourth-order valence-electron chi connectivity index (χ4n) is 1.45. The van der Waals surface area contributed by atoms with Gasteiger partial charge in [-0.05, 0) is 30.5 Å². The van der Waals surface area contributed by atoms with Gasteiger partial charge in [-0.25, -0.2) is 4.79 Å². The van der Waals surface area contributed by atoms with Crippen molar-refractivity contribution >= 4 is 22.0 Å². The van der Waals surface area contributed by atoms with Gasteiger partial charge in [-0.15, -0.1) is 0 Å². The van der Waals surface area contributed by atoms with Crippen molar-refractivity contribution in [2.45, 2.75) is 26.2 Å². The maximum absolute atomic E-state index is 11.3. The summed E-state index contributed by atoms with van der Waals surface area (Å²) in [7, 11) is 0. The zero-order chi connectivity index (χ0) is 12.5. The normalized spacial score (nSPS) is 10.0. The molecule has 1 rings (SSSR count). The van der Waals surface area contributed by atoms with Crippen LogP contribution >= 0.6 is 15.9 Å². The smallest absolute Gasteiger partial charge is 0.314 e. The Balaban J connectivity index is 2.17. The second-order valence-corrected chi connectivity index (χ2v) is 4.83. The first-order chi connectivity index (χ1) is 8.22. The van der Waals surface area contributed by atoms with Crippen molar-refractivity contribution in [2.24, 2.45) is 0 Å². The van der Waals surface area contributed by atoms with E-state index in [0.717, 1.165) is 30.3 Å². The number of urea groups is 1. The molecule has 17 heavy (non-hydrogen) atoms. The quantitative estimate of drug-likeness (QED) is 0.779. The van der Waals surface area contributed by atoms with Gasteiger partial charge < -0.3 is 10.6 Å². The highest BCUT2D eigenvalue weighted by atomic mass is 79.9. The molecule has 94 valence electrons. The molecule has 0 aliphatic rings. The number of hydrogen-bond donors (Lipinski definition) is 2. The van der Waals surface area contributed by atoms with E-state index in [-0.39, 0.29) is 6.03 Å². The molecule has 0 aromatic heterocycles. The van der Waals surface area contributed by atoms with Crippen LogP contribution in [-0.2, 0) is 6.42 Å². The molecule has 0 spiro atoms. The van der Waals surface area contributed by atoms with Crippen molar-refractivity contribution in [1.29, 1.82) is 0 Å². The van der Waals surface area contributed by atoms with E-state index in [1.165, 1.54) is 5.56 Å². The molecule has 0 aliphatic carbocycles. The number of carbonyl (C=O) groups is 1. The van der Waals surface area contributed by atoms with Crippen LogP contribution in [0.5, 0.6) is 0 Å². The number of unbranched alkanes of at least 4 members (excludes halogenated alkanes) is 1. The molecule has 0 atom stereocenters. The maximum atomic E-state index is 11.3. The average Bonchev–Trinajstić information content (AvgIpc) is 2.29. The van der Waals surface area contributed by atoms with E-state index in [1.54, 1.807) is 0 Å². The summed E-state index contributed by atoms with van der Waals surface area (Å²) in [5, 5.41) is 5.67. The van der Waals surface area contributed by atoms with Gasteiger partial charge in [0.1, 0.15) is 0 Å². The second kappa shape index (κ2) is 8.12. The summed E-state index contributed by atoms with van der Waals surface area (Å²) in [5.41, 5.74) is 1.22. The molecule has 1 aromatic rings. The van der Waals surface area contributed by atoms with E-state index < -0.39 is 0 Å². The van der Waals surface area contributed by atoms with Crippen LogP contribution in [0.1, 0.15) is 25.3 Å². The van der Waals surface area contributed by atoms with Crippen molar-refractivity contribution in [3.05, 3.63) is 34.3 Å². The fraction of sp³-hybridized carbons (Fsp3) is 0.462. The number of amides is 2. The minimum Gasteiger partial charge on any atom is -0.338 e. The van der Waals surface area contributed by atoms with Crippen LogP contribution in [0.3, 0.4) is 0 Å². The first kappa shape index (κ1) is 14.0. The first-order valence-corrected chi connectivity index (χ1v) is 6.78. The molecule has 2 N–H and O–H groups in total. The highest BCUT2D eigenvalue weighted by Crippen LogP contribution is 2.11. The summed E-state index contributed by atoms with van der Waals surface area (Å²) in [6.45, 7) is 3.51. The number of rotatable bonds is 6. The van der Waals surface area contributed by atoms with Gasteiger partial charge in [0.15, 0.2) is 0 Å². The molecule has 2 amide bonds. The number of carbonyl (C=O) groups excluding carboxylic acids is 1. The van der Waals surface area contributed by atoms with Crippen LogP contribution in [0, 0.1) is 0 Å². The van der Waals surface area contributed by atoms with Crippen molar-refractivity contribution in [1.82, 2.24) is 10.6 Å². The number of hydrogen-bond acceptors (Lipinski definition) is 1. The Bertz CT molecular complexity index is 355. The van der Waals surface area contributed by atoms with E-state index in [0.29, 0.717) is 6.54 Å². The Labute approximate surface area is 111 Å². The summed E-state index contributed by atoms with van der Waals surface area (Å²) in [4.78, 5) is 11.3. The molecule has 1 aromatic carbocycles. The fourth-order valence-corrected chi connectivity index (χ4v) is 1.90. The maximum Gasteiger partial charge on any atom is 0.314 e. The number of halogens is 1. The average molecular weight is 299 g/mol. The minimum absolute atomic E-state index is 0.0755. The van der Waals surface area contributed by atoms with Crippen molar-refractivity contribution in [2.75, 3.05) is 13.1 Å². The molecule has 0 saturated carbocycles. The molecule has 0 heterocycles. The molecule has 4 heteroatoms. The van der Waals surface area contributed by atoms with Gasteiger partial charge in [0.05, 0.1) is 0 Å². The third-order valence-corrected chi connectivity index (χ3v) is 2.90. The molecular formula is C13H19BrN2O. The summed E-state index contributed by atoms with van der Waals surface area (Å²) in [5.74, 6) is 0. The molecule has 0 bridgehead atoms. The lowest BCUT2D eigenvalue weighted by Crippen LogP contribution is -2.37. The molecular weight excluding hydrogens is 280 g/mol. The predicted octanol–water partition coefficient (Wildman–Crippen LogP) is 3.09. The third kappa shape index (κ3) is 6.31. The molecule has 0 fully saturated rings. The molecule has 0 saturated heterocycles. The lowest BCUT2D eigenvalue weighted by Gasteiger charge is -2.07. The Morgan fingerprint density at radius 3 is 2.76 bits per heavy atom. The summed E-state index contributed by atoms with van der Waals surface area (Å²) in [6.07, 6.45) is 2.97. The molecule has 0 unspecified atom stereocenters. The Morgan fingerprint density at radius 1 is 1.29 bits per heavy atom. The van der Waals surface area contributed by atoms with Gasteiger partial charge in [0, 0.05) is 17.6 Å². The topological polar surface area (TPSA) is 41.1 Å². The number of nitrogens with one attached hydrogen (secondary N) is 2. The molecule has 0 radical (unpaired) electrons. The van der Waals surface area contributed by atoms with Crippen LogP contribution < -0.4 is 10.6 Å². The lowest BCUT2D eigenvalue weighted by atomic mass is 10.1. The minimum atomic E-state index is -0.0755. The monoisotopic (exact) mass is 298 g/mol. The summed E-state index contributed by atoms with van der Waals surface area (Å²) >= 11 is 3.43. The first-order valence-electron chi connectivity index (χ1n) is 5.98. The molecule has 3 nitrogen and oxygen atoms in total. The van der Waals surface area contributed by atoms with E-state index in [9.17, 15) is 4.79 Å². The van der Waals surface area contributed by atoms with Gasteiger partial charge in [-0.3, -0.25) is 0 Å². The Hall–Kier alpha value is -1.03. The van der Waals surface area contributed by atoms with Crippen LogP contribution in [0.4, 0.5) is 4.79 Å². The third-order valence-electron chi connectivity index (χ3n) is 2.40. The van der Waals surface area contributed by atoms with Crippen LogP contribution in [0.2, 0.25) is 0 Å². The standard InChI is InChI=1S/C13H19BrN2O/c1-2-3-8-15-13(17)16-9-7-11-5-4-6-12(14)10-11/h4-6,10H,2-3,7-9H2,1H3,(H2,15,16,17). The Kier molecular flexibility index (Phi) is 6.70. The zero-order valence-corrected chi connectivity index (χ0v) is 11.7. The van der Waals surface area contributed by atoms with Gasteiger partial charge in [-0.2, -0.15) is 0 Å². The predicted molar refractivity (Wildman–Crippen MR) is 74.2 cm³/mol. The summed E-state index contributed by atoms with van der Waals surface area (Å²) in [6, 6.07) is 8.04. The largest absolute Gasteiger partial charge is 0.338 e. The van der Waals surface area contributed by atoms with E-state index in [4.69, 9.17) is 0 Å². The van der Waals surface area contributed by atoms with Gasteiger partial charge in [0.2, 0.25) is 0 Å². The second-order valence-electron chi connectivity index (χ2n) is 3.92. The van der Waals surface area contributed by atoms with Crippen molar-refractivity contribution < 1.29 is 4.79 Å². The van der Waals surface area contributed by atoms with Crippen molar-refractivity contribution in [3.63, 3.8) is 0 Å². The number of benzene rings is 1. The SMILES string of the molecule is CCCCNC(=O)NCCc1cccc(Br)c1. The van der Waals surface area contributed by atoms with Crippen LogP contribution in [0.25, 0.3) is 0 Å². The van der Waals surface area contributed by atoms with Gasteiger partial charge in [0.25, 0.3) is 0 Å². The van der Waals surface area contributed by atoms with E-state index >= 15 is 0 Å². The van der Waals surface area contributed by atoms with Crippen LogP contribution in [-0.4, -0.2) is 19.1 Å². The van der Waals surface area contributed by atoms with Crippen molar-refractivity contribution in [3.8, 4) is 0 Å². The van der Waals surface area contributed by atoms with Crippen LogP contribution in [0.15, 0.2) is 28.7 Å². The van der Waals surface area contributed by atoms with Gasteiger partial charge in [-0.1, -0.05) is 41.4 Å².